The summed E-state index contributed by atoms with van der Waals surface area (Å²) in [5.41, 5.74) is 7.26. The Morgan fingerprint density at radius 2 is 2.06 bits per heavy atom. The second-order valence-electron chi connectivity index (χ2n) is 4.72. The van der Waals surface area contributed by atoms with Gasteiger partial charge in [0.15, 0.2) is 5.96 Å². The van der Waals surface area contributed by atoms with Gasteiger partial charge in [0, 0.05) is 7.05 Å². The molecule has 1 aromatic carbocycles. The third-order valence-electron chi connectivity index (χ3n) is 3.53. The third kappa shape index (κ3) is 2.03. The summed E-state index contributed by atoms with van der Waals surface area (Å²) in [5.74, 6) is 0.663. The lowest BCUT2D eigenvalue weighted by Crippen LogP contribution is -2.47. The van der Waals surface area contributed by atoms with Crippen molar-refractivity contribution in [3.8, 4) is 0 Å². The molecule has 1 aliphatic heterocycles. The lowest BCUT2D eigenvalue weighted by atomic mass is 9.93. The van der Waals surface area contributed by atoms with Gasteiger partial charge in [-0.2, -0.15) is 0 Å². The first-order chi connectivity index (χ1) is 7.62. The van der Waals surface area contributed by atoms with Gasteiger partial charge < -0.3 is 10.6 Å². The summed E-state index contributed by atoms with van der Waals surface area (Å²) in [6.07, 6.45) is 2.15. The minimum Gasteiger partial charge on any atom is -0.370 e. The van der Waals surface area contributed by atoms with Gasteiger partial charge in [-0.1, -0.05) is 30.3 Å². The molecule has 16 heavy (non-hydrogen) atoms. The summed E-state index contributed by atoms with van der Waals surface area (Å²) in [7, 11) is 2.02. The highest BCUT2D eigenvalue weighted by Gasteiger charge is 2.34. The number of nitrogens with zero attached hydrogens (tertiary/aromatic N) is 2. The van der Waals surface area contributed by atoms with Crippen LogP contribution in [0.3, 0.4) is 0 Å². The molecule has 2 rings (SSSR count). The average molecular weight is 217 g/mol. The van der Waals surface area contributed by atoms with E-state index in [1.54, 1.807) is 0 Å². The van der Waals surface area contributed by atoms with E-state index < -0.39 is 0 Å². The fourth-order valence-electron chi connectivity index (χ4n) is 2.05. The molecular formula is C13H19N3. The summed E-state index contributed by atoms with van der Waals surface area (Å²) in [5, 5.41) is 0. The highest BCUT2D eigenvalue weighted by atomic mass is 15.3. The standard InChI is InChI=1S/C13H19N3/c1-13(10-15-12(14)16(13)2)9-8-11-6-4-3-5-7-11/h3-7H,8-10H2,1-2H3,(H2,14,15). The number of aliphatic imine (C=N–C) groups is 1. The molecule has 3 nitrogen and oxygen atoms in total. The minimum absolute atomic E-state index is 0.0833. The molecule has 0 fully saturated rings. The maximum absolute atomic E-state index is 5.80. The Morgan fingerprint density at radius 1 is 1.38 bits per heavy atom. The number of aryl methyl sites for hydroxylation is 1. The molecule has 86 valence electrons. The number of guanidine groups is 1. The Kier molecular flexibility index (Phi) is 2.86. The average Bonchev–Trinajstić information content (AvgIpc) is 2.57. The van der Waals surface area contributed by atoms with Crippen LogP contribution in [0.25, 0.3) is 0 Å². The van der Waals surface area contributed by atoms with E-state index in [1.807, 2.05) is 13.1 Å². The number of rotatable bonds is 3. The summed E-state index contributed by atoms with van der Waals surface area (Å²) in [6.45, 7) is 3.03. The first-order valence-electron chi connectivity index (χ1n) is 5.69. The van der Waals surface area contributed by atoms with E-state index in [4.69, 9.17) is 5.73 Å². The molecule has 0 amide bonds. The van der Waals surface area contributed by atoms with Crippen molar-refractivity contribution in [2.24, 2.45) is 10.7 Å². The van der Waals surface area contributed by atoms with E-state index in [0.717, 1.165) is 19.4 Å². The largest absolute Gasteiger partial charge is 0.370 e. The van der Waals surface area contributed by atoms with Crippen LogP contribution in [0.15, 0.2) is 35.3 Å². The normalized spacial score (nSPS) is 24.6. The van der Waals surface area contributed by atoms with Crippen LogP contribution < -0.4 is 5.73 Å². The fourth-order valence-corrected chi connectivity index (χ4v) is 2.05. The third-order valence-corrected chi connectivity index (χ3v) is 3.53. The molecule has 0 saturated heterocycles. The Labute approximate surface area is 97.0 Å². The van der Waals surface area contributed by atoms with Gasteiger partial charge in [0.05, 0.1) is 12.1 Å². The zero-order chi connectivity index (χ0) is 11.6. The zero-order valence-electron chi connectivity index (χ0n) is 9.98. The second-order valence-corrected chi connectivity index (χ2v) is 4.72. The van der Waals surface area contributed by atoms with Crippen LogP contribution in [-0.4, -0.2) is 30.0 Å². The predicted molar refractivity (Wildman–Crippen MR) is 67.4 cm³/mol. The number of hydrogen-bond acceptors (Lipinski definition) is 3. The van der Waals surface area contributed by atoms with Crippen LogP contribution in [0.4, 0.5) is 0 Å². The molecule has 0 bridgehead atoms. The summed E-state index contributed by atoms with van der Waals surface area (Å²) >= 11 is 0. The fraction of sp³-hybridized carbons (Fsp3) is 0.462. The minimum atomic E-state index is 0.0833. The molecule has 3 heteroatoms. The molecule has 1 heterocycles. The number of nitrogens with two attached hydrogens (primary N) is 1. The molecule has 0 spiro atoms. The lowest BCUT2D eigenvalue weighted by molar-refractivity contribution is 0.244. The summed E-state index contributed by atoms with van der Waals surface area (Å²) < 4.78 is 0. The molecule has 0 aromatic heterocycles. The second kappa shape index (κ2) is 4.16. The van der Waals surface area contributed by atoms with Crippen LogP contribution >= 0.6 is 0 Å². The summed E-state index contributed by atoms with van der Waals surface area (Å²) in [4.78, 5) is 6.40. The van der Waals surface area contributed by atoms with Crippen molar-refractivity contribution in [2.45, 2.75) is 25.3 Å². The van der Waals surface area contributed by atoms with Gasteiger partial charge in [-0.05, 0) is 25.3 Å². The van der Waals surface area contributed by atoms with E-state index in [-0.39, 0.29) is 5.54 Å². The highest BCUT2D eigenvalue weighted by Crippen LogP contribution is 2.25. The first kappa shape index (κ1) is 11.0. The Hall–Kier alpha value is -1.51. The van der Waals surface area contributed by atoms with Crippen LogP contribution in [0.1, 0.15) is 18.9 Å². The van der Waals surface area contributed by atoms with Crippen molar-refractivity contribution in [1.29, 1.82) is 0 Å². The van der Waals surface area contributed by atoms with E-state index in [1.165, 1.54) is 5.56 Å². The van der Waals surface area contributed by atoms with Crippen molar-refractivity contribution >= 4 is 5.96 Å². The Bertz CT molecular complexity index is 385. The molecule has 0 saturated carbocycles. The molecule has 1 aromatic rings. The molecular weight excluding hydrogens is 198 g/mol. The molecule has 0 radical (unpaired) electrons. The van der Waals surface area contributed by atoms with Crippen molar-refractivity contribution in [1.82, 2.24) is 4.90 Å². The van der Waals surface area contributed by atoms with E-state index >= 15 is 0 Å². The smallest absolute Gasteiger partial charge is 0.191 e. The first-order valence-corrected chi connectivity index (χ1v) is 5.69. The Morgan fingerprint density at radius 3 is 2.62 bits per heavy atom. The van der Waals surface area contributed by atoms with Gasteiger partial charge in [-0.25, -0.2) is 0 Å². The van der Waals surface area contributed by atoms with Crippen LogP contribution in [0, 0.1) is 0 Å². The SMILES string of the molecule is CN1C(N)=NCC1(C)CCc1ccccc1. The van der Waals surface area contributed by atoms with Gasteiger partial charge >= 0.3 is 0 Å². The molecule has 2 N–H and O–H groups in total. The van der Waals surface area contributed by atoms with Crippen LogP contribution in [0.5, 0.6) is 0 Å². The van der Waals surface area contributed by atoms with Gasteiger partial charge in [0.25, 0.3) is 0 Å². The number of likely N-dealkylation sites (N-methyl/N-ethyl adjacent to an activating group) is 1. The van der Waals surface area contributed by atoms with Crippen LogP contribution in [-0.2, 0) is 6.42 Å². The van der Waals surface area contributed by atoms with E-state index in [2.05, 4.69) is 41.1 Å². The predicted octanol–water partition coefficient (Wildman–Crippen LogP) is 1.64. The van der Waals surface area contributed by atoms with E-state index in [9.17, 15) is 0 Å². The molecule has 0 aliphatic carbocycles. The molecule has 1 unspecified atom stereocenters. The lowest BCUT2D eigenvalue weighted by Gasteiger charge is -2.33. The summed E-state index contributed by atoms with van der Waals surface area (Å²) in [6, 6.07) is 10.6. The van der Waals surface area contributed by atoms with Gasteiger partial charge in [0.1, 0.15) is 0 Å². The molecule has 1 atom stereocenters. The zero-order valence-corrected chi connectivity index (χ0v) is 9.98. The topological polar surface area (TPSA) is 41.6 Å². The van der Waals surface area contributed by atoms with Gasteiger partial charge in [-0.3, -0.25) is 4.99 Å². The maximum Gasteiger partial charge on any atom is 0.191 e. The number of benzene rings is 1. The Balaban J connectivity index is 1.97. The monoisotopic (exact) mass is 217 g/mol. The van der Waals surface area contributed by atoms with Crippen molar-refractivity contribution in [3.05, 3.63) is 35.9 Å². The van der Waals surface area contributed by atoms with Crippen molar-refractivity contribution in [2.75, 3.05) is 13.6 Å². The highest BCUT2D eigenvalue weighted by molar-refractivity contribution is 5.80. The van der Waals surface area contributed by atoms with Crippen molar-refractivity contribution < 1.29 is 0 Å². The molecule has 1 aliphatic rings. The van der Waals surface area contributed by atoms with E-state index in [0.29, 0.717) is 5.96 Å². The number of hydrogen-bond donors (Lipinski definition) is 1. The van der Waals surface area contributed by atoms with Crippen molar-refractivity contribution in [3.63, 3.8) is 0 Å². The maximum atomic E-state index is 5.80. The van der Waals surface area contributed by atoms with Gasteiger partial charge in [-0.15, -0.1) is 0 Å². The van der Waals surface area contributed by atoms with Crippen LogP contribution in [0.2, 0.25) is 0 Å². The van der Waals surface area contributed by atoms with Gasteiger partial charge in [0.2, 0.25) is 0 Å². The quantitative estimate of drug-likeness (QED) is 0.836.